The summed E-state index contributed by atoms with van der Waals surface area (Å²) in [5.41, 5.74) is 2.05. The standard InChI is InChI=1S/C28H32FN5O2/c29-24-12-11-22(19-23(24)27-32-31-25-9-5-2-6-16-34(25)27)30-28(36)21-14-17-33(18-15-21)26(35)13-10-20-7-3-1-4-8-20/h1,3-4,7-8,11-12,19,21H,2,5-6,9-10,13-18H2,(H,30,36). The van der Waals surface area contributed by atoms with Crippen molar-refractivity contribution in [2.24, 2.45) is 5.92 Å². The third-order valence-corrected chi connectivity index (χ3v) is 7.27. The Hall–Kier alpha value is -3.55. The molecule has 0 radical (unpaired) electrons. The maximum Gasteiger partial charge on any atom is 0.227 e. The van der Waals surface area contributed by atoms with Crippen molar-refractivity contribution in [2.45, 2.75) is 57.9 Å². The van der Waals surface area contributed by atoms with E-state index in [1.165, 1.54) is 6.07 Å². The third-order valence-electron chi connectivity index (χ3n) is 7.27. The fourth-order valence-electron chi connectivity index (χ4n) is 5.15. The summed E-state index contributed by atoms with van der Waals surface area (Å²) in [4.78, 5) is 27.5. The van der Waals surface area contributed by atoms with Crippen LogP contribution in [0.1, 0.15) is 49.9 Å². The lowest BCUT2D eigenvalue weighted by Crippen LogP contribution is -2.41. The Kier molecular flexibility index (Phi) is 7.39. The number of benzene rings is 2. The highest BCUT2D eigenvalue weighted by molar-refractivity contribution is 5.93. The fourth-order valence-corrected chi connectivity index (χ4v) is 5.15. The number of anilines is 1. The second kappa shape index (κ2) is 11.0. The Balaban J connectivity index is 1.18. The Morgan fingerprint density at radius 2 is 1.78 bits per heavy atom. The van der Waals surface area contributed by atoms with E-state index in [1.54, 1.807) is 12.1 Å². The van der Waals surface area contributed by atoms with Gasteiger partial charge in [-0.05, 0) is 55.9 Å². The molecular weight excluding hydrogens is 457 g/mol. The monoisotopic (exact) mass is 489 g/mol. The largest absolute Gasteiger partial charge is 0.343 e. The fraction of sp³-hybridized carbons (Fsp3) is 0.429. The Bertz CT molecular complexity index is 1220. The lowest BCUT2D eigenvalue weighted by atomic mass is 9.95. The van der Waals surface area contributed by atoms with Crippen LogP contribution < -0.4 is 5.32 Å². The van der Waals surface area contributed by atoms with Gasteiger partial charge >= 0.3 is 0 Å². The van der Waals surface area contributed by atoms with Crippen molar-refractivity contribution in [1.82, 2.24) is 19.7 Å². The van der Waals surface area contributed by atoms with Crippen LogP contribution in [0.2, 0.25) is 0 Å². The van der Waals surface area contributed by atoms with Crippen LogP contribution in [-0.2, 0) is 29.0 Å². The van der Waals surface area contributed by atoms with E-state index in [0.717, 1.165) is 50.0 Å². The maximum absolute atomic E-state index is 14.8. The lowest BCUT2D eigenvalue weighted by molar-refractivity contribution is -0.134. The average Bonchev–Trinajstić information content (AvgIpc) is 3.16. The van der Waals surface area contributed by atoms with Gasteiger partial charge in [0.1, 0.15) is 11.6 Å². The maximum atomic E-state index is 14.8. The first-order valence-corrected chi connectivity index (χ1v) is 12.9. The van der Waals surface area contributed by atoms with Gasteiger partial charge in [-0.1, -0.05) is 36.8 Å². The normalized spacial score (nSPS) is 16.3. The number of nitrogens with zero attached hydrogens (tertiary/aromatic N) is 4. The van der Waals surface area contributed by atoms with Gasteiger partial charge in [-0.3, -0.25) is 9.59 Å². The van der Waals surface area contributed by atoms with E-state index < -0.39 is 0 Å². The molecule has 0 spiro atoms. The van der Waals surface area contributed by atoms with E-state index in [4.69, 9.17) is 0 Å². The summed E-state index contributed by atoms with van der Waals surface area (Å²) in [6.07, 6.45) is 6.49. The molecule has 1 aromatic heterocycles. The highest BCUT2D eigenvalue weighted by Crippen LogP contribution is 2.28. The van der Waals surface area contributed by atoms with Crippen molar-refractivity contribution in [3.8, 4) is 11.4 Å². The summed E-state index contributed by atoms with van der Waals surface area (Å²) < 4.78 is 16.8. The molecular formula is C28H32FN5O2. The molecule has 0 atom stereocenters. The van der Waals surface area contributed by atoms with E-state index >= 15 is 0 Å². The molecule has 2 amide bonds. The van der Waals surface area contributed by atoms with Crippen molar-refractivity contribution in [1.29, 1.82) is 0 Å². The molecule has 1 fully saturated rings. The molecule has 3 heterocycles. The number of aryl methyl sites for hydroxylation is 2. The first kappa shape index (κ1) is 24.2. The van der Waals surface area contributed by atoms with Gasteiger partial charge in [-0.15, -0.1) is 10.2 Å². The van der Waals surface area contributed by atoms with Crippen LogP contribution in [-0.4, -0.2) is 44.6 Å². The molecule has 2 aliphatic heterocycles. The zero-order valence-corrected chi connectivity index (χ0v) is 20.5. The molecule has 8 heteroatoms. The molecule has 188 valence electrons. The molecule has 36 heavy (non-hydrogen) atoms. The number of likely N-dealkylation sites (tertiary alicyclic amines) is 1. The number of carbonyl (C=O) groups excluding carboxylic acids is 2. The minimum absolute atomic E-state index is 0.0935. The number of amides is 2. The molecule has 2 aromatic carbocycles. The molecule has 0 bridgehead atoms. The number of hydrogen-bond donors (Lipinski definition) is 1. The summed E-state index contributed by atoms with van der Waals surface area (Å²) >= 11 is 0. The van der Waals surface area contributed by atoms with Gasteiger partial charge in [0.2, 0.25) is 11.8 Å². The van der Waals surface area contributed by atoms with Crippen LogP contribution in [0.15, 0.2) is 48.5 Å². The van der Waals surface area contributed by atoms with Crippen LogP contribution >= 0.6 is 0 Å². The van der Waals surface area contributed by atoms with Gasteiger partial charge in [0, 0.05) is 44.1 Å². The third kappa shape index (κ3) is 5.48. The molecule has 5 rings (SSSR count). The highest BCUT2D eigenvalue weighted by Gasteiger charge is 2.27. The van der Waals surface area contributed by atoms with E-state index in [0.29, 0.717) is 49.4 Å². The summed E-state index contributed by atoms with van der Waals surface area (Å²) in [6.45, 7) is 1.93. The smallest absolute Gasteiger partial charge is 0.227 e. The van der Waals surface area contributed by atoms with Crippen molar-refractivity contribution < 1.29 is 14.0 Å². The molecule has 7 nitrogen and oxygen atoms in total. The second-order valence-corrected chi connectivity index (χ2v) is 9.73. The van der Waals surface area contributed by atoms with E-state index in [-0.39, 0.29) is 23.5 Å². The summed E-state index contributed by atoms with van der Waals surface area (Å²) in [5.74, 6) is 0.886. The van der Waals surface area contributed by atoms with Crippen molar-refractivity contribution in [3.05, 3.63) is 65.7 Å². The summed E-state index contributed by atoms with van der Waals surface area (Å²) in [7, 11) is 0. The number of rotatable bonds is 6. The van der Waals surface area contributed by atoms with Gasteiger partial charge in [-0.25, -0.2) is 4.39 Å². The predicted octanol–water partition coefficient (Wildman–Crippen LogP) is 4.62. The molecule has 0 aliphatic carbocycles. The number of carbonyl (C=O) groups is 2. The molecule has 2 aliphatic rings. The number of aromatic nitrogens is 3. The van der Waals surface area contributed by atoms with Crippen LogP contribution in [0, 0.1) is 11.7 Å². The number of piperidine rings is 1. The van der Waals surface area contributed by atoms with Crippen LogP contribution in [0.5, 0.6) is 0 Å². The minimum atomic E-state index is -0.380. The quantitative estimate of drug-likeness (QED) is 0.548. The molecule has 1 saturated heterocycles. The van der Waals surface area contributed by atoms with Gasteiger partial charge in [-0.2, -0.15) is 0 Å². The van der Waals surface area contributed by atoms with Gasteiger partial charge in [0.25, 0.3) is 0 Å². The van der Waals surface area contributed by atoms with Gasteiger partial charge in [0.15, 0.2) is 5.82 Å². The molecule has 1 N–H and O–H groups in total. The molecule has 0 saturated carbocycles. The van der Waals surface area contributed by atoms with Crippen LogP contribution in [0.4, 0.5) is 10.1 Å². The number of hydrogen-bond acceptors (Lipinski definition) is 4. The Morgan fingerprint density at radius 1 is 0.972 bits per heavy atom. The zero-order chi connectivity index (χ0) is 24.9. The van der Waals surface area contributed by atoms with Crippen LogP contribution in [0.25, 0.3) is 11.4 Å². The number of halogens is 1. The Labute approximate surface area is 210 Å². The molecule has 3 aromatic rings. The van der Waals surface area contributed by atoms with Crippen molar-refractivity contribution >= 4 is 17.5 Å². The zero-order valence-electron chi connectivity index (χ0n) is 20.5. The summed E-state index contributed by atoms with van der Waals surface area (Å²) in [6, 6.07) is 14.6. The van der Waals surface area contributed by atoms with Crippen molar-refractivity contribution in [3.63, 3.8) is 0 Å². The van der Waals surface area contributed by atoms with Crippen LogP contribution in [0.3, 0.4) is 0 Å². The molecule has 0 unspecified atom stereocenters. The highest BCUT2D eigenvalue weighted by atomic mass is 19.1. The first-order chi connectivity index (χ1) is 17.6. The van der Waals surface area contributed by atoms with E-state index in [2.05, 4.69) is 15.5 Å². The lowest BCUT2D eigenvalue weighted by Gasteiger charge is -2.31. The van der Waals surface area contributed by atoms with Gasteiger partial charge in [0.05, 0.1) is 5.56 Å². The van der Waals surface area contributed by atoms with Crippen molar-refractivity contribution in [2.75, 3.05) is 18.4 Å². The SMILES string of the molecule is O=C(Nc1ccc(F)c(-c2nnc3n2CCCCC3)c1)C1CCN(C(=O)CCc2ccccc2)CC1. The van der Waals surface area contributed by atoms with Gasteiger partial charge < -0.3 is 14.8 Å². The first-order valence-electron chi connectivity index (χ1n) is 12.9. The summed E-state index contributed by atoms with van der Waals surface area (Å²) in [5, 5.41) is 11.5. The average molecular weight is 490 g/mol. The van der Waals surface area contributed by atoms with E-state index in [9.17, 15) is 14.0 Å². The predicted molar refractivity (Wildman–Crippen MR) is 136 cm³/mol. The minimum Gasteiger partial charge on any atom is -0.343 e. The Morgan fingerprint density at radius 3 is 2.58 bits per heavy atom. The topological polar surface area (TPSA) is 80.1 Å². The number of nitrogens with one attached hydrogen (secondary N) is 1. The second-order valence-electron chi connectivity index (χ2n) is 9.73. The van der Waals surface area contributed by atoms with E-state index in [1.807, 2.05) is 39.8 Å². The number of fused-ring (bicyclic) bond motifs is 1.